The molecule has 0 bridgehead atoms. The maximum atomic E-state index is 4.34. The third-order valence-electron chi connectivity index (χ3n) is 1.62. The topological polar surface area (TPSA) is 40.7 Å². The Morgan fingerprint density at radius 1 is 1.58 bits per heavy atom. The monoisotopic (exact) mass is 231 g/mol. The number of aryl methyl sites for hydroxylation is 1. The van der Waals surface area contributed by atoms with E-state index in [0.29, 0.717) is 0 Å². The second-order valence-electron chi connectivity index (χ2n) is 2.73. The summed E-state index contributed by atoms with van der Waals surface area (Å²) >= 11 is 3.41. The first kappa shape index (κ1) is 9.74. The first-order chi connectivity index (χ1) is 5.77. The third kappa shape index (κ3) is 2.32. The first-order valence-corrected chi connectivity index (χ1v) is 4.95. The van der Waals surface area contributed by atoms with Crippen molar-refractivity contribution in [1.82, 2.24) is 15.3 Å². The molecule has 1 heterocycles. The van der Waals surface area contributed by atoms with E-state index in [0.717, 1.165) is 35.5 Å². The molecule has 3 nitrogen and oxygen atoms in total. The molecular formula is C8H14BrN3. The zero-order chi connectivity index (χ0) is 8.97. The van der Waals surface area contributed by atoms with Crippen LogP contribution in [-0.2, 0) is 13.0 Å². The molecule has 0 aliphatic heterocycles. The van der Waals surface area contributed by atoms with E-state index in [1.54, 1.807) is 0 Å². The lowest BCUT2D eigenvalue weighted by atomic mass is 10.3. The van der Waals surface area contributed by atoms with Crippen molar-refractivity contribution in [3.63, 3.8) is 0 Å². The zero-order valence-corrected chi connectivity index (χ0v) is 9.03. The van der Waals surface area contributed by atoms with Gasteiger partial charge in [0.1, 0.15) is 10.4 Å². The van der Waals surface area contributed by atoms with Crippen molar-refractivity contribution in [2.24, 2.45) is 0 Å². The predicted octanol–water partition coefficient (Wildman–Crippen LogP) is 1.84. The van der Waals surface area contributed by atoms with Gasteiger partial charge < -0.3 is 10.3 Å². The summed E-state index contributed by atoms with van der Waals surface area (Å²) in [6, 6.07) is 0. The smallest absolute Gasteiger partial charge is 0.128 e. The summed E-state index contributed by atoms with van der Waals surface area (Å²) in [5.74, 6) is 1.06. The molecule has 0 amide bonds. The molecular weight excluding hydrogens is 218 g/mol. The van der Waals surface area contributed by atoms with Crippen LogP contribution < -0.4 is 5.32 Å². The van der Waals surface area contributed by atoms with Gasteiger partial charge >= 0.3 is 0 Å². The van der Waals surface area contributed by atoms with Crippen molar-refractivity contribution >= 4 is 15.9 Å². The fourth-order valence-corrected chi connectivity index (χ4v) is 1.54. The fraction of sp³-hybridized carbons (Fsp3) is 0.625. The highest BCUT2D eigenvalue weighted by molar-refractivity contribution is 9.10. The molecule has 1 aromatic heterocycles. The number of hydrogen-bond donors (Lipinski definition) is 2. The number of H-pyrrole nitrogens is 1. The number of aromatic amines is 1. The Morgan fingerprint density at radius 3 is 2.92 bits per heavy atom. The van der Waals surface area contributed by atoms with Gasteiger partial charge in [-0.2, -0.15) is 0 Å². The van der Waals surface area contributed by atoms with Crippen LogP contribution in [0.1, 0.15) is 24.9 Å². The van der Waals surface area contributed by atoms with E-state index in [2.05, 4.69) is 38.1 Å². The summed E-state index contributed by atoms with van der Waals surface area (Å²) in [6.07, 6.45) is 2.14. The second-order valence-corrected chi connectivity index (χ2v) is 3.48. The van der Waals surface area contributed by atoms with Crippen LogP contribution in [-0.4, -0.2) is 17.0 Å². The van der Waals surface area contributed by atoms with Gasteiger partial charge in [0.25, 0.3) is 0 Å². The van der Waals surface area contributed by atoms with E-state index in [9.17, 15) is 0 Å². The van der Waals surface area contributed by atoms with E-state index in [1.807, 2.05) is 7.05 Å². The van der Waals surface area contributed by atoms with Crippen LogP contribution in [0.3, 0.4) is 0 Å². The van der Waals surface area contributed by atoms with Gasteiger partial charge in [-0.05, 0) is 29.4 Å². The quantitative estimate of drug-likeness (QED) is 0.831. The van der Waals surface area contributed by atoms with Gasteiger partial charge in [-0.1, -0.05) is 6.92 Å². The standard InChI is InChI=1S/C8H14BrN3/c1-3-4-7-11-6(5-10-2)8(9)12-7/h10H,3-5H2,1-2H3,(H,11,12). The normalized spacial score (nSPS) is 10.6. The molecule has 0 aromatic carbocycles. The third-order valence-corrected chi connectivity index (χ3v) is 2.27. The van der Waals surface area contributed by atoms with Gasteiger partial charge in [0.15, 0.2) is 0 Å². The molecule has 0 unspecified atom stereocenters. The number of rotatable bonds is 4. The zero-order valence-electron chi connectivity index (χ0n) is 7.45. The van der Waals surface area contributed by atoms with E-state index in [1.165, 1.54) is 0 Å². The molecule has 1 rings (SSSR count). The molecule has 0 atom stereocenters. The van der Waals surface area contributed by atoms with Crippen molar-refractivity contribution in [3.05, 3.63) is 16.1 Å². The van der Waals surface area contributed by atoms with Gasteiger partial charge in [-0.15, -0.1) is 0 Å². The van der Waals surface area contributed by atoms with Crippen molar-refractivity contribution in [2.45, 2.75) is 26.3 Å². The Morgan fingerprint density at radius 2 is 2.33 bits per heavy atom. The minimum Gasteiger partial charge on any atom is -0.344 e. The van der Waals surface area contributed by atoms with Crippen molar-refractivity contribution in [2.75, 3.05) is 7.05 Å². The molecule has 0 fully saturated rings. The predicted molar refractivity (Wildman–Crippen MR) is 53.0 cm³/mol. The maximum Gasteiger partial charge on any atom is 0.128 e. The Bertz CT molecular complexity index is 244. The summed E-state index contributed by atoms with van der Waals surface area (Å²) in [4.78, 5) is 7.60. The highest BCUT2D eigenvalue weighted by Crippen LogP contribution is 2.13. The molecule has 0 saturated carbocycles. The lowest BCUT2D eigenvalue weighted by Crippen LogP contribution is -2.05. The Labute approximate surface area is 81.1 Å². The van der Waals surface area contributed by atoms with Crippen molar-refractivity contribution in [3.8, 4) is 0 Å². The second kappa shape index (κ2) is 4.62. The van der Waals surface area contributed by atoms with Gasteiger partial charge in [-0.3, -0.25) is 0 Å². The Hall–Kier alpha value is -0.350. The van der Waals surface area contributed by atoms with Crippen LogP contribution in [0, 0.1) is 0 Å². The SMILES string of the molecule is CCCc1nc(Br)c(CNC)[nH]1. The summed E-state index contributed by atoms with van der Waals surface area (Å²) in [5.41, 5.74) is 1.13. The summed E-state index contributed by atoms with van der Waals surface area (Å²) in [7, 11) is 1.92. The molecule has 0 spiro atoms. The van der Waals surface area contributed by atoms with Crippen LogP contribution in [0.5, 0.6) is 0 Å². The Balaban J connectivity index is 2.70. The van der Waals surface area contributed by atoms with E-state index < -0.39 is 0 Å². The first-order valence-electron chi connectivity index (χ1n) is 4.15. The summed E-state index contributed by atoms with van der Waals surface area (Å²) in [6.45, 7) is 2.98. The molecule has 0 radical (unpaired) electrons. The summed E-state index contributed by atoms with van der Waals surface area (Å²) in [5, 5.41) is 3.08. The average Bonchev–Trinajstić information content (AvgIpc) is 2.34. The number of aromatic nitrogens is 2. The van der Waals surface area contributed by atoms with Crippen LogP contribution in [0.2, 0.25) is 0 Å². The minimum atomic E-state index is 0.831. The average molecular weight is 232 g/mol. The molecule has 2 N–H and O–H groups in total. The van der Waals surface area contributed by atoms with Gasteiger partial charge in [-0.25, -0.2) is 4.98 Å². The van der Waals surface area contributed by atoms with Crippen LogP contribution in [0.15, 0.2) is 4.60 Å². The number of nitrogens with zero attached hydrogens (tertiary/aromatic N) is 1. The molecule has 0 saturated heterocycles. The maximum absolute atomic E-state index is 4.34. The van der Waals surface area contributed by atoms with Crippen LogP contribution in [0.4, 0.5) is 0 Å². The number of halogens is 1. The lowest BCUT2D eigenvalue weighted by Gasteiger charge is -1.94. The minimum absolute atomic E-state index is 0.831. The summed E-state index contributed by atoms with van der Waals surface area (Å²) < 4.78 is 0.931. The molecule has 1 aromatic rings. The van der Waals surface area contributed by atoms with Crippen LogP contribution in [0.25, 0.3) is 0 Å². The largest absolute Gasteiger partial charge is 0.344 e. The number of nitrogens with one attached hydrogen (secondary N) is 2. The van der Waals surface area contributed by atoms with Crippen molar-refractivity contribution in [1.29, 1.82) is 0 Å². The van der Waals surface area contributed by atoms with E-state index in [4.69, 9.17) is 0 Å². The highest BCUT2D eigenvalue weighted by Gasteiger charge is 2.05. The lowest BCUT2D eigenvalue weighted by molar-refractivity contribution is 0.783. The van der Waals surface area contributed by atoms with E-state index >= 15 is 0 Å². The Kier molecular flexibility index (Phi) is 3.75. The molecule has 0 aliphatic rings. The van der Waals surface area contributed by atoms with Gasteiger partial charge in [0.05, 0.1) is 5.69 Å². The van der Waals surface area contributed by atoms with Gasteiger partial charge in [0.2, 0.25) is 0 Å². The number of hydrogen-bond acceptors (Lipinski definition) is 2. The van der Waals surface area contributed by atoms with Gasteiger partial charge in [0, 0.05) is 13.0 Å². The van der Waals surface area contributed by atoms with Crippen molar-refractivity contribution < 1.29 is 0 Å². The molecule has 0 aliphatic carbocycles. The molecule has 12 heavy (non-hydrogen) atoms. The molecule has 4 heteroatoms. The van der Waals surface area contributed by atoms with Crippen LogP contribution >= 0.6 is 15.9 Å². The number of imidazole rings is 1. The highest BCUT2D eigenvalue weighted by atomic mass is 79.9. The molecule has 68 valence electrons. The van der Waals surface area contributed by atoms with E-state index in [-0.39, 0.29) is 0 Å². The fourth-order valence-electron chi connectivity index (χ4n) is 1.09.